The van der Waals surface area contributed by atoms with Crippen LogP contribution in [0, 0.1) is 10.1 Å². The molecule has 0 N–H and O–H groups in total. The standard InChI is InChI=1S/C11H14ClN3O3/c1-7-6-18-8(2)5-14(7)11-4-9(15(16)17)3-10(12)13-11/h3-4,7-8H,5-6H2,1-2H3. The Balaban J connectivity index is 2.34. The fraction of sp³-hybridized carbons (Fsp3) is 0.545. The number of nitro groups is 1. The van der Waals surface area contributed by atoms with Gasteiger partial charge in [0.15, 0.2) is 0 Å². The lowest BCUT2D eigenvalue weighted by molar-refractivity contribution is -0.384. The number of aromatic nitrogens is 1. The van der Waals surface area contributed by atoms with Gasteiger partial charge in [0, 0.05) is 6.54 Å². The van der Waals surface area contributed by atoms with Gasteiger partial charge in [-0.1, -0.05) is 11.6 Å². The van der Waals surface area contributed by atoms with E-state index >= 15 is 0 Å². The Morgan fingerprint density at radius 1 is 1.56 bits per heavy atom. The van der Waals surface area contributed by atoms with Gasteiger partial charge in [0.05, 0.1) is 35.8 Å². The number of pyridine rings is 1. The van der Waals surface area contributed by atoms with Crippen LogP contribution in [0.2, 0.25) is 5.15 Å². The number of halogens is 1. The number of anilines is 1. The fourth-order valence-corrected chi connectivity index (χ4v) is 2.14. The van der Waals surface area contributed by atoms with E-state index in [0.29, 0.717) is 19.0 Å². The molecule has 0 aliphatic carbocycles. The summed E-state index contributed by atoms with van der Waals surface area (Å²) < 4.78 is 5.51. The van der Waals surface area contributed by atoms with Crippen molar-refractivity contribution in [2.75, 3.05) is 18.1 Å². The maximum atomic E-state index is 10.8. The van der Waals surface area contributed by atoms with E-state index in [4.69, 9.17) is 16.3 Å². The molecular weight excluding hydrogens is 258 g/mol. The highest BCUT2D eigenvalue weighted by molar-refractivity contribution is 6.29. The molecule has 1 saturated heterocycles. The van der Waals surface area contributed by atoms with Crippen molar-refractivity contribution < 1.29 is 9.66 Å². The van der Waals surface area contributed by atoms with Crippen LogP contribution in [0.3, 0.4) is 0 Å². The minimum atomic E-state index is -0.467. The van der Waals surface area contributed by atoms with Crippen LogP contribution < -0.4 is 4.90 Å². The van der Waals surface area contributed by atoms with Crippen molar-refractivity contribution in [1.29, 1.82) is 0 Å². The smallest absolute Gasteiger partial charge is 0.276 e. The van der Waals surface area contributed by atoms with E-state index in [0.717, 1.165) is 0 Å². The molecule has 2 rings (SSSR count). The second-order valence-electron chi connectivity index (χ2n) is 4.41. The van der Waals surface area contributed by atoms with Gasteiger partial charge in [-0.05, 0) is 13.8 Å². The summed E-state index contributed by atoms with van der Waals surface area (Å²) >= 11 is 5.82. The van der Waals surface area contributed by atoms with E-state index in [2.05, 4.69) is 4.98 Å². The van der Waals surface area contributed by atoms with Crippen molar-refractivity contribution in [1.82, 2.24) is 4.98 Å². The molecule has 2 heterocycles. The van der Waals surface area contributed by atoms with Crippen LogP contribution in [0.25, 0.3) is 0 Å². The zero-order chi connectivity index (χ0) is 13.3. The van der Waals surface area contributed by atoms with Gasteiger partial charge in [-0.15, -0.1) is 0 Å². The van der Waals surface area contributed by atoms with Crippen molar-refractivity contribution in [3.63, 3.8) is 0 Å². The van der Waals surface area contributed by atoms with Crippen LogP contribution >= 0.6 is 11.6 Å². The van der Waals surface area contributed by atoms with Crippen LogP contribution in [0.4, 0.5) is 11.5 Å². The van der Waals surface area contributed by atoms with Gasteiger partial charge in [0.25, 0.3) is 5.69 Å². The minimum absolute atomic E-state index is 0.0451. The number of hydrogen-bond donors (Lipinski definition) is 0. The maximum Gasteiger partial charge on any atom is 0.276 e. The lowest BCUT2D eigenvalue weighted by Crippen LogP contribution is -2.47. The first-order valence-corrected chi connectivity index (χ1v) is 6.05. The average molecular weight is 272 g/mol. The summed E-state index contributed by atoms with van der Waals surface area (Å²) in [7, 11) is 0. The number of ether oxygens (including phenoxy) is 1. The number of morpholine rings is 1. The van der Waals surface area contributed by atoms with E-state index < -0.39 is 4.92 Å². The summed E-state index contributed by atoms with van der Waals surface area (Å²) in [5, 5.41) is 10.9. The molecule has 1 aliphatic rings. The SMILES string of the molecule is CC1CN(c2cc([N+](=O)[O-])cc(Cl)n2)C(C)CO1. The van der Waals surface area contributed by atoms with Gasteiger partial charge < -0.3 is 9.64 Å². The maximum absolute atomic E-state index is 10.8. The molecular formula is C11H14ClN3O3. The van der Waals surface area contributed by atoms with Crippen LogP contribution in [0.5, 0.6) is 0 Å². The Kier molecular flexibility index (Phi) is 3.68. The predicted molar refractivity (Wildman–Crippen MR) is 68.1 cm³/mol. The highest BCUT2D eigenvalue weighted by Crippen LogP contribution is 2.26. The second kappa shape index (κ2) is 5.07. The molecule has 0 saturated carbocycles. The molecule has 1 fully saturated rings. The summed E-state index contributed by atoms with van der Waals surface area (Å²) in [6, 6.07) is 2.81. The highest BCUT2D eigenvalue weighted by atomic mass is 35.5. The third-order valence-electron chi connectivity index (χ3n) is 2.88. The Labute approximate surface area is 110 Å². The molecule has 0 bridgehead atoms. The molecule has 0 amide bonds. The van der Waals surface area contributed by atoms with E-state index in [-0.39, 0.29) is 23.0 Å². The Morgan fingerprint density at radius 2 is 2.28 bits per heavy atom. The first-order chi connectivity index (χ1) is 8.47. The lowest BCUT2D eigenvalue weighted by atomic mass is 10.2. The number of nitrogens with zero attached hydrogens (tertiary/aromatic N) is 3. The van der Waals surface area contributed by atoms with Crippen LogP contribution in [-0.2, 0) is 4.74 Å². The van der Waals surface area contributed by atoms with Crippen molar-refractivity contribution in [2.24, 2.45) is 0 Å². The lowest BCUT2D eigenvalue weighted by Gasteiger charge is -2.37. The van der Waals surface area contributed by atoms with Crippen molar-refractivity contribution in [3.8, 4) is 0 Å². The molecule has 6 nitrogen and oxygen atoms in total. The van der Waals surface area contributed by atoms with Crippen molar-refractivity contribution >= 4 is 23.1 Å². The van der Waals surface area contributed by atoms with Gasteiger partial charge in [-0.25, -0.2) is 4.98 Å². The Hall–Kier alpha value is -1.40. The van der Waals surface area contributed by atoms with Gasteiger partial charge in [0.1, 0.15) is 11.0 Å². The molecule has 1 aromatic heterocycles. The molecule has 0 radical (unpaired) electrons. The van der Waals surface area contributed by atoms with Crippen molar-refractivity contribution in [3.05, 3.63) is 27.4 Å². The van der Waals surface area contributed by atoms with Gasteiger partial charge in [-0.2, -0.15) is 0 Å². The molecule has 0 aromatic carbocycles. The van der Waals surface area contributed by atoms with Gasteiger partial charge >= 0.3 is 0 Å². The number of hydrogen-bond acceptors (Lipinski definition) is 5. The molecule has 2 atom stereocenters. The van der Waals surface area contributed by atoms with Crippen LogP contribution in [0.15, 0.2) is 12.1 Å². The largest absolute Gasteiger partial charge is 0.375 e. The van der Waals surface area contributed by atoms with E-state index in [1.54, 1.807) is 0 Å². The van der Waals surface area contributed by atoms with E-state index in [9.17, 15) is 10.1 Å². The Bertz CT molecular complexity index is 469. The summed E-state index contributed by atoms with van der Waals surface area (Å²) in [5.74, 6) is 0.525. The monoisotopic (exact) mass is 271 g/mol. The highest BCUT2D eigenvalue weighted by Gasteiger charge is 2.26. The molecule has 1 aliphatic heterocycles. The van der Waals surface area contributed by atoms with E-state index in [1.165, 1.54) is 12.1 Å². The van der Waals surface area contributed by atoms with Gasteiger partial charge in [-0.3, -0.25) is 10.1 Å². The van der Waals surface area contributed by atoms with Crippen molar-refractivity contribution in [2.45, 2.75) is 26.0 Å². The quantitative estimate of drug-likeness (QED) is 0.469. The minimum Gasteiger partial charge on any atom is -0.375 e. The summed E-state index contributed by atoms with van der Waals surface area (Å²) in [6.07, 6.45) is 0.0704. The number of rotatable bonds is 2. The third kappa shape index (κ3) is 2.70. The fourth-order valence-electron chi connectivity index (χ4n) is 1.94. The van der Waals surface area contributed by atoms with Crippen LogP contribution in [-0.4, -0.2) is 35.2 Å². The predicted octanol–water partition coefficient (Wildman–Crippen LogP) is 2.26. The molecule has 2 unspecified atom stereocenters. The Morgan fingerprint density at radius 3 is 2.94 bits per heavy atom. The summed E-state index contributed by atoms with van der Waals surface area (Å²) in [5.41, 5.74) is -0.0451. The second-order valence-corrected chi connectivity index (χ2v) is 4.80. The molecule has 98 valence electrons. The van der Waals surface area contributed by atoms with Crippen LogP contribution in [0.1, 0.15) is 13.8 Å². The normalized spacial score (nSPS) is 24.1. The van der Waals surface area contributed by atoms with Gasteiger partial charge in [0.2, 0.25) is 0 Å². The molecule has 18 heavy (non-hydrogen) atoms. The van der Waals surface area contributed by atoms with E-state index in [1.807, 2.05) is 18.7 Å². The third-order valence-corrected chi connectivity index (χ3v) is 3.07. The topological polar surface area (TPSA) is 68.5 Å². The molecule has 0 spiro atoms. The molecule has 1 aromatic rings. The zero-order valence-corrected chi connectivity index (χ0v) is 10.9. The molecule has 7 heteroatoms. The zero-order valence-electron chi connectivity index (χ0n) is 10.2. The first-order valence-electron chi connectivity index (χ1n) is 5.67. The summed E-state index contributed by atoms with van der Waals surface area (Å²) in [6.45, 7) is 5.16. The first kappa shape index (κ1) is 13.0. The average Bonchev–Trinajstić information content (AvgIpc) is 2.31. The summed E-state index contributed by atoms with van der Waals surface area (Å²) in [4.78, 5) is 16.5.